The summed E-state index contributed by atoms with van der Waals surface area (Å²) < 4.78 is 5.87. The lowest BCUT2D eigenvalue weighted by Crippen LogP contribution is -2.33. The minimum atomic E-state index is -0.848. The van der Waals surface area contributed by atoms with Gasteiger partial charge in [0.25, 0.3) is 0 Å². The monoisotopic (exact) mass is 463 g/mol. The van der Waals surface area contributed by atoms with Crippen molar-refractivity contribution in [2.75, 3.05) is 5.32 Å². The number of halogens is 1. The molecule has 3 aromatic rings. The van der Waals surface area contributed by atoms with E-state index in [9.17, 15) is 9.59 Å². The van der Waals surface area contributed by atoms with Crippen LogP contribution in [-0.4, -0.2) is 18.0 Å². The summed E-state index contributed by atoms with van der Waals surface area (Å²) in [5, 5.41) is 7.32. The lowest BCUT2D eigenvalue weighted by Gasteiger charge is -2.13. The molecular formula is C26H26ClN3O3. The first kappa shape index (κ1) is 24.0. The van der Waals surface area contributed by atoms with E-state index in [4.69, 9.17) is 16.3 Å². The van der Waals surface area contributed by atoms with Crippen LogP contribution in [0.1, 0.15) is 36.1 Å². The number of carbonyl (C=O) groups excluding carboxylic acids is 2. The molecule has 2 amide bonds. The number of ether oxygens (including phenoxy) is 1. The highest BCUT2D eigenvalue weighted by atomic mass is 35.5. The lowest BCUT2D eigenvalue weighted by atomic mass is 10.0. The van der Waals surface area contributed by atoms with Crippen molar-refractivity contribution in [3.05, 3.63) is 94.0 Å². The van der Waals surface area contributed by atoms with Gasteiger partial charge in [-0.05, 0) is 53.8 Å². The normalized spacial score (nSPS) is 10.8. The summed E-state index contributed by atoms with van der Waals surface area (Å²) in [4.78, 5) is 24.7. The van der Waals surface area contributed by atoms with Gasteiger partial charge in [-0.25, -0.2) is 5.43 Å². The maximum Gasteiger partial charge on any atom is 0.329 e. The van der Waals surface area contributed by atoms with Gasteiger partial charge in [0.2, 0.25) is 0 Å². The summed E-state index contributed by atoms with van der Waals surface area (Å²) in [6, 6.07) is 20.5. The van der Waals surface area contributed by atoms with Crippen molar-refractivity contribution in [1.29, 1.82) is 0 Å². The maximum absolute atomic E-state index is 12.4. The molecule has 0 fully saturated rings. The summed E-state index contributed by atoms with van der Waals surface area (Å²) in [6.07, 6.45) is 2.94. The number of para-hydroxylation sites is 2. The van der Waals surface area contributed by atoms with Gasteiger partial charge in [-0.3, -0.25) is 9.59 Å². The first-order valence-electron chi connectivity index (χ1n) is 10.7. The largest absolute Gasteiger partial charge is 0.488 e. The van der Waals surface area contributed by atoms with Crippen LogP contribution in [0.15, 0.2) is 71.8 Å². The second-order valence-electron chi connectivity index (χ2n) is 7.26. The molecule has 0 bridgehead atoms. The molecule has 6 nitrogen and oxygen atoms in total. The Labute approximate surface area is 198 Å². The molecule has 170 valence electrons. The molecule has 0 heterocycles. The molecule has 0 atom stereocenters. The van der Waals surface area contributed by atoms with Crippen LogP contribution in [0.4, 0.5) is 5.69 Å². The van der Waals surface area contributed by atoms with Crippen LogP contribution in [0.5, 0.6) is 5.75 Å². The number of aryl methyl sites for hydroxylation is 2. The van der Waals surface area contributed by atoms with Crippen LogP contribution < -0.4 is 15.5 Å². The highest BCUT2D eigenvalue weighted by molar-refractivity contribution is 6.39. The van der Waals surface area contributed by atoms with Crippen LogP contribution in [0, 0.1) is 0 Å². The van der Waals surface area contributed by atoms with E-state index < -0.39 is 11.8 Å². The van der Waals surface area contributed by atoms with Gasteiger partial charge in [-0.15, -0.1) is 0 Å². The number of carbonyl (C=O) groups is 2. The quantitative estimate of drug-likeness (QED) is 0.276. The van der Waals surface area contributed by atoms with Gasteiger partial charge >= 0.3 is 11.8 Å². The number of benzene rings is 3. The van der Waals surface area contributed by atoms with Crippen molar-refractivity contribution in [3.8, 4) is 5.75 Å². The molecule has 0 saturated heterocycles. The third-order valence-electron chi connectivity index (χ3n) is 5.04. The number of rotatable bonds is 8. The van der Waals surface area contributed by atoms with Gasteiger partial charge in [-0.2, -0.15) is 5.10 Å². The Morgan fingerprint density at radius 3 is 2.24 bits per heavy atom. The molecule has 0 spiro atoms. The molecule has 0 aromatic heterocycles. The molecule has 0 radical (unpaired) electrons. The predicted molar refractivity (Wildman–Crippen MR) is 132 cm³/mol. The zero-order chi connectivity index (χ0) is 23.6. The van der Waals surface area contributed by atoms with Gasteiger partial charge in [0, 0.05) is 16.3 Å². The van der Waals surface area contributed by atoms with Gasteiger partial charge in [0.15, 0.2) is 0 Å². The summed E-state index contributed by atoms with van der Waals surface area (Å²) >= 11 is 5.91. The van der Waals surface area contributed by atoms with Gasteiger partial charge < -0.3 is 10.1 Å². The molecule has 7 heteroatoms. The predicted octanol–water partition coefficient (Wildman–Crippen LogP) is 5.13. The topological polar surface area (TPSA) is 79.8 Å². The molecule has 3 rings (SSSR count). The van der Waals surface area contributed by atoms with Crippen LogP contribution in [0.25, 0.3) is 0 Å². The van der Waals surface area contributed by atoms with E-state index in [0.717, 1.165) is 29.5 Å². The molecular weight excluding hydrogens is 438 g/mol. The highest BCUT2D eigenvalue weighted by Crippen LogP contribution is 2.22. The first-order valence-corrected chi connectivity index (χ1v) is 11.1. The zero-order valence-electron chi connectivity index (χ0n) is 18.6. The number of amides is 2. The van der Waals surface area contributed by atoms with E-state index in [1.54, 1.807) is 24.3 Å². The van der Waals surface area contributed by atoms with Gasteiger partial charge in [0.05, 0.1) is 6.21 Å². The van der Waals surface area contributed by atoms with Crippen molar-refractivity contribution in [2.45, 2.75) is 33.3 Å². The summed E-state index contributed by atoms with van der Waals surface area (Å²) in [5.74, 6) is -1.02. The van der Waals surface area contributed by atoms with Crippen LogP contribution in [0.2, 0.25) is 5.02 Å². The Morgan fingerprint density at radius 2 is 1.58 bits per heavy atom. The molecule has 3 aromatic carbocycles. The number of nitrogens with one attached hydrogen (secondary N) is 2. The average molecular weight is 464 g/mol. The molecule has 33 heavy (non-hydrogen) atoms. The molecule has 0 aliphatic carbocycles. The molecule has 0 aliphatic rings. The van der Waals surface area contributed by atoms with E-state index in [-0.39, 0.29) is 0 Å². The second-order valence-corrected chi connectivity index (χ2v) is 7.70. The van der Waals surface area contributed by atoms with E-state index in [1.807, 2.05) is 56.3 Å². The Kier molecular flexibility index (Phi) is 8.61. The fraction of sp³-hybridized carbons (Fsp3) is 0.192. The third-order valence-corrected chi connectivity index (χ3v) is 5.29. The van der Waals surface area contributed by atoms with E-state index in [1.165, 1.54) is 6.21 Å². The summed E-state index contributed by atoms with van der Waals surface area (Å²) in [6.45, 7) is 4.36. The molecule has 0 unspecified atom stereocenters. The summed E-state index contributed by atoms with van der Waals surface area (Å²) in [5.41, 5.74) is 6.56. The number of hydrazone groups is 1. The number of anilines is 1. The van der Waals surface area contributed by atoms with Crippen molar-refractivity contribution >= 4 is 35.3 Å². The van der Waals surface area contributed by atoms with E-state index >= 15 is 0 Å². The number of nitrogens with zero attached hydrogens (tertiary/aromatic N) is 1. The van der Waals surface area contributed by atoms with Crippen LogP contribution in [-0.2, 0) is 29.0 Å². The van der Waals surface area contributed by atoms with Gasteiger partial charge in [0.1, 0.15) is 12.4 Å². The summed E-state index contributed by atoms with van der Waals surface area (Å²) in [7, 11) is 0. The van der Waals surface area contributed by atoms with E-state index in [2.05, 4.69) is 15.8 Å². The van der Waals surface area contributed by atoms with Crippen molar-refractivity contribution in [3.63, 3.8) is 0 Å². The number of hydrogen-bond donors (Lipinski definition) is 2. The maximum atomic E-state index is 12.4. The Balaban J connectivity index is 1.61. The molecule has 2 N–H and O–H groups in total. The van der Waals surface area contributed by atoms with Crippen LogP contribution >= 0.6 is 11.6 Å². The zero-order valence-corrected chi connectivity index (χ0v) is 19.4. The third kappa shape index (κ3) is 6.67. The Hall–Kier alpha value is -3.64. The standard InChI is InChI=1S/C26H26ClN3O3/c1-3-19-9-7-10-20(4-2)24(19)29-25(31)26(32)30-28-16-21-8-5-6-11-23(21)33-17-18-12-14-22(27)15-13-18/h5-16H,3-4,17H2,1-2H3,(H,29,31)(H,30,32)/b28-16-. The fourth-order valence-corrected chi connectivity index (χ4v) is 3.37. The lowest BCUT2D eigenvalue weighted by molar-refractivity contribution is -0.136. The fourth-order valence-electron chi connectivity index (χ4n) is 3.24. The smallest absolute Gasteiger partial charge is 0.329 e. The molecule has 0 aliphatic heterocycles. The van der Waals surface area contributed by atoms with Gasteiger partial charge in [-0.1, -0.05) is 67.9 Å². The minimum absolute atomic E-state index is 0.355. The van der Waals surface area contributed by atoms with Crippen molar-refractivity contribution < 1.29 is 14.3 Å². The first-order chi connectivity index (χ1) is 16.0. The van der Waals surface area contributed by atoms with E-state index in [0.29, 0.717) is 28.6 Å². The van der Waals surface area contributed by atoms with Crippen molar-refractivity contribution in [1.82, 2.24) is 5.43 Å². The highest BCUT2D eigenvalue weighted by Gasteiger charge is 2.16. The molecule has 0 saturated carbocycles. The number of hydrogen-bond acceptors (Lipinski definition) is 4. The minimum Gasteiger partial charge on any atom is -0.488 e. The Bertz CT molecular complexity index is 1120. The average Bonchev–Trinajstić information content (AvgIpc) is 2.84. The van der Waals surface area contributed by atoms with Crippen LogP contribution in [0.3, 0.4) is 0 Å². The Morgan fingerprint density at radius 1 is 0.909 bits per heavy atom. The second kappa shape index (κ2) is 11.8. The SMILES string of the molecule is CCc1cccc(CC)c1NC(=O)C(=O)N/N=C\c1ccccc1OCc1ccc(Cl)cc1. The van der Waals surface area contributed by atoms with Crippen molar-refractivity contribution in [2.24, 2.45) is 5.10 Å².